The first-order valence-electron chi connectivity index (χ1n) is 9.23. The molecule has 0 unspecified atom stereocenters. The van der Waals surface area contributed by atoms with Gasteiger partial charge < -0.3 is 19.5 Å². The van der Waals surface area contributed by atoms with E-state index in [0.29, 0.717) is 11.7 Å². The van der Waals surface area contributed by atoms with Gasteiger partial charge in [-0.15, -0.1) is 0 Å². The maximum Gasteiger partial charge on any atom is 0.410 e. The van der Waals surface area contributed by atoms with Gasteiger partial charge in [0.15, 0.2) is 0 Å². The van der Waals surface area contributed by atoms with Crippen LogP contribution in [0.15, 0.2) is 12.5 Å². The molecule has 0 saturated carbocycles. The molecule has 150 valence electrons. The Labute approximate surface area is 166 Å². The molecular weight excluding hydrogens is 366 g/mol. The third-order valence-electron chi connectivity index (χ3n) is 4.14. The Morgan fingerprint density at radius 1 is 1.30 bits per heavy atom. The maximum absolute atomic E-state index is 12.4. The van der Waals surface area contributed by atoms with Crippen molar-refractivity contribution in [3.63, 3.8) is 0 Å². The molecule has 1 N–H and O–H groups in total. The highest BCUT2D eigenvalue weighted by Gasteiger charge is 2.23. The monoisotopic (exact) mass is 395 g/mol. The van der Waals surface area contributed by atoms with Gasteiger partial charge in [0.2, 0.25) is 0 Å². The highest BCUT2D eigenvalue weighted by Crippen LogP contribution is 2.24. The Balaban J connectivity index is 1.90. The second-order valence-corrected chi connectivity index (χ2v) is 8.42. The van der Waals surface area contributed by atoms with Crippen LogP contribution in [-0.4, -0.2) is 62.6 Å². The van der Waals surface area contributed by atoms with Gasteiger partial charge in [-0.1, -0.05) is 11.6 Å². The quantitative estimate of drug-likeness (QED) is 0.715. The Kier molecular flexibility index (Phi) is 7.06. The van der Waals surface area contributed by atoms with E-state index in [1.54, 1.807) is 4.90 Å². The van der Waals surface area contributed by atoms with Crippen molar-refractivity contribution in [3.8, 4) is 0 Å². The van der Waals surface area contributed by atoms with Crippen LogP contribution in [-0.2, 0) is 11.3 Å². The molecule has 0 radical (unpaired) electrons. The molecule has 0 aliphatic carbocycles. The lowest BCUT2D eigenvalue weighted by atomic mass is 10.2. The highest BCUT2D eigenvalue weighted by molar-refractivity contribution is 6.34. The largest absolute Gasteiger partial charge is 0.444 e. The number of amides is 1. The van der Waals surface area contributed by atoms with Crippen LogP contribution >= 0.6 is 11.6 Å². The van der Waals surface area contributed by atoms with Crippen LogP contribution in [0.5, 0.6) is 0 Å². The summed E-state index contributed by atoms with van der Waals surface area (Å²) >= 11 is 6.21. The van der Waals surface area contributed by atoms with Crippen LogP contribution in [0.4, 0.5) is 4.79 Å². The molecule has 0 atom stereocenters. The molecular formula is C19H30ClN5O2. The van der Waals surface area contributed by atoms with E-state index in [4.69, 9.17) is 16.3 Å². The van der Waals surface area contributed by atoms with Gasteiger partial charge in [-0.3, -0.25) is 0 Å². The summed E-state index contributed by atoms with van der Waals surface area (Å²) in [5.74, 6) is 0. The van der Waals surface area contributed by atoms with E-state index in [1.165, 1.54) is 6.33 Å². The smallest absolute Gasteiger partial charge is 0.410 e. The van der Waals surface area contributed by atoms with Gasteiger partial charge in [-0.25, -0.2) is 14.8 Å². The summed E-state index contributed by atoms with van der Waals surface area (Å²) in [5.41, 5.74) is 1.32. The van der Waals surface area contributed by atoms with Crippen molar-refractivity contribution < 1.29 is 9.53 Å². The van der Waals surface area contributed by atoms with E-state index >= 15 is 0 Å². The average molecular weight is 396 g/mol. The molecule has 2 aromatic rings. The lowest BCUT2D eigenvalue weighted by molar-refractivity contribution is 0.0184. The van der Waals surface area contributed by atoms with Gasteiger partial charge in [0.25, 0.3) is 0 Å². The fraction of sp³-hybridized carbons (Fsp3) is 0.632. The van der Waals surface area contributed by atoms with E-state index in [0.717, 1.165) is 36.1 Å². The number of hydrogen-bond acceptors (Lipinski definition) is 5. The van der Waals surface area contributed by atoms with Gasteiger partial charge in [0, 0.05) is 25.3 Å². The molecule has 0 fully saturated rings. The molecule has 8 heteroatoms. The molecule has 1 amide bonds. The molecule has 0 bridgehead atoms. The normalized spacial score (nSPS) is 12.2. The topological polar surface area (TPSA) is 74.4 Å². The van der Waals surface area contributed by atoms with Gasteiger partial charge >= 0.3 is 6.09 Å². The molecule has 27 heavy (non-hydrogen) atoms. The summed E-state index contributed by atoms with van der Waals surface area (Å²) in [6, 6.07) is 0.0923. The molecule has 2 aromatic heterocycles. The third-order valence-corrected chi connectivity index (χ3v) is 4.42. The fourth-order valence-corrected chi connectivity index (χ4v) is 3.13. The number of hydrogen-bond donors (Lipinski definition) is 1. The number of halogens is 1. The molecule has 0 aliphatic heterocycles. The second kappa shape index (κ2) is 8.89. The van der Waals surface area contributed by atoms with Gasteiger partial charge in [0.1, 0.15) is 22.7 Å². The average Bonchev–Trinajstić information content (AvgIpc) is 2.93. The molecule has 0 spiro atoms. The standard InChI is InChI=1S/C19H30ClN5O2/c1-13(2)25(18(26)27-19(3,4)5)9-7-8-24(6)11-14-10-21-17-15(14)16(20)22-12-23-17/h10,12-13H,7-9,11H2,1-6H3,(H,21,22,23). The first kappa shape index (κ1) is 21.4. The number of carbonyl (C=O) groups is 1. The zero-order valence-corrected chi connectivity index (χ0v) is 17.8. The van der Waals surface area contributed by atoms with E-state index in [1.807, 2.05) is 47.9 Å². The third kappa shape index (κ3) is 6.07. The molecule has 0 aliphatic rings. The minimum atomic E-state index is -0.488. The first-order chi connectivity index (χ1) is 12.6. The van der Waals surface area contributed by atoms with Gasteiger partial charge in [0.05, 0.1) is 5.39 Å². The highest BCUT2D eigenvalue weighted by atomic mass is 35.5. The molecule has 0 aromatic carbocycles. The summed E-state index contributed by atoms with van der Waals surface area (Å²) in [4.78, 5) is 27.7. The van der Waals surface area contributed by atoms with Crippen LogP contribution in [0.2, 0.25) is 5.15 Å². The molecule has 7 nitrogen and oxygen atoms in total. The van der Waals surface area contributed by atoms with Gasteiger partial charge in [-0.2, -0.15) is 0 Å². The van der Waals surface area contributed by atoms with E-state index in [9.17, 15) is 4.79 Å². The van der Waals surface area contributed by atoms with Crippen LogP contribution in [0.25, 0.3) is 11.0 Å². The number of ether oxygens (including phenoxy) is 1. The van der Waals surface area contributed by atoms with Crippen molar-refractivity contribution in [2.24, 2.45) is 0 Å². The van der Waals surface area contributed by atoms with Crippen LogP contribution in [0, 0.1) is 0 Å². The predicted molar refractivity (Wildman–Crippen MR) is 108 cm³/mol. The van der Waals surface area contributed by atoms with Gasteiger partial charge in [-0.05, 0) is 60.2 Å². The van der Waals surface area contributed by atoms with Crippen LogP contribution in [0.3, 0.4) is 0 Å². The SMILES string of the molecule is CC(C)N(CCCN(C)Cc1c[nH]c2ncnc(Cl)c12)C(=O)OC(C)(C)C. The Morgan fingerprint density at radius 2 is 2.00 bits per heavy atom. The summed E-state index contributed by atoms with van der Waals surface area (Å²) in [5, 5.41) is 1.32. The van der Waals surface area contributed by atoms with E-state index in [2.05, 4.69) is 19.9 Å². The molecule has 0 saturated heterocycles. The zero-order chi connectivity index (χ0) is 20.2. The van der Waals surface area contributed by atoms with E-state index in [-0.39, 0.29) is 12.1 Å². The number of aromatic amines is 1. The lowest BCUT2D eigenvalue weighted by Gasteiger charge is -2.30. The summed E-state index contributed by atoms with van der Waals surface area (Å²) in [6.45, 7) is 11.9. The number of nitrogens with one attached hydrogen (secondary N) is 1. The van der Waals surface area contributed by atoms with Crippen molar-refractivity contribution in [3.05, 3.63) is 23.2 Å². The van der Waals surface area contributed by atoms with Crippen molar-refractivity contribution in [2.75, 3.05) is 20.1 Å². The Bertz CT molecular complexity index is 769. The minimum Gasteiger partial charge on any atom is -0.444 e. The first-order valence-corrected chi connectivity index (χ1v) is 9.61. The second-order valence-electron chi connectivity index (χ2n) is 8.06. The summed E-state index contributed by atoms with van der Waals surface area (Å²) in [6.07, 6.45) is 3.95. The Morgan fingerprint density at radius 3 is 2.63 bits per heavy atom. The van der Waals surface area contributed by atoms with Crippen molar-refractivity contribution >= 4 is 28.7 Å². The molecule has 2 rings (SSSR count). The minimum absolute atomic E-state index is 0.0923. The number of rotatable bonds is 7. The van der Waals surface area contributed by atoms with Crippen LogP contribution < -0.4 is 0 Å². The number of H-pyrrole nitrogens is 1. The van der Waals surface area contributed by atoms with E-state index < -0.39 is 5.60 Å². The number of nitrogens with zero attached hydrogens (tertiary/aromatic N) is 4. The lowest BCUT2D eigenvalue weighted by Crippen LogP contribution is -2.42. The number of aromatic nitrogens is 3. The zero-order valence-electron chi connectivity index (χ0n) is 17.0. The summed E-state index contributed by atoms with van der Waals surface area (Å²) < 4.78 is 5.51. The maximum atomic E-state index is 12.4. The number of fused-ring (bicyclic) bond motifs is 1. The Hall–Kier alpha value is -1.86. The predicted octanol–water partition coefficient (Wildman–Crippen LogP) is 4.08. The van der Waals surface area contributed by atoms with Crippen molar-refractivity contribution in [1.82, 2.24) is 24.8 Å². The number of carbonyl (C=O) groups excluding carboxylic acids is 1. The van der Waals surface area contributed by atoms with Crippen LogP contribution in [0.1, 0.15) is 46.6 Å². The van der Waals surface area contributed by atoms with Crippen molar-refractivity contribution in [2.45, 2.75) is 59.2 Å². The summed E-state index contributed by atoms with van der Waals surface area (Å²) in [7, 11) is 2.05. The fourth-order valence-electron chi connectivity index (χ4n) is 2.87. The molecule has 2 heterocycles. The van der Waals surface area contributed by atoms with Crippen molar-refractivity contribution in [1.29, 1.82) is 0 Å².